The molecule has 1 unspecified atom stereocenters. The Hall–Kier alpha value is -2.61. The molecule has 0 saturated heterocycles. The first-order valence-electron chi connectivity index (χ1n) is 5.73. The number of nitriles is 1. The molecule has 2 aromatic rings. The monoisotopic (exact) mass is 255 g/mol. The molecule has 2 rings (SSSR count). The van der Waals surface area contributed by atoms with E-state index in [4.69, 9.17) is 4.74 Å². The summed E-state index contributed by atoms with van der Waals surface area (Å²) in [5.74, 6) is -0.711. The molecule has 0 amide bonds. The Bertz CT molecular complexity index is 640. The van der Waals surface area contributed by atoms with E-state index in [1.165, 1.54) is 11.8 Å². The Balaban J connectivity index is 2.40. The highest BCUT2D eigenvalue weighted by atomic mass is 16.5. The lowest BCUT2D eigenvalue weighted by Gasteiger charge is -2.11. The summed E-state index contributed by atoms with van der Waals surface area (Å²) < 4.78 is 6.72. The number of rotatable bonds is 4. The lowest BCUT2D eigenvalue weighted by molar-refractivity contribution is 0.0972. The average Bonchev–Trinajstić information content (AvgIpc) is 2.86. The Morgan fingerprint density at radius 2 is 2.16 bits per heavy atom. The van der Waals surface area contributed by atoms with Crippen LogP contribution in [0.5, 0.6) is 5.75 Å². The fourth-order valence-electron chi connectivity index (χ4n) is 1.87. The van der Waals surface area contributed by atoms with Gasteiger partial charge in [-0.3, -0.25) is 9.48 Å². The van der Waals surface area contributed by atoms with Gasteiger partial charge in [0.2, 0.25) is 5.78 Å². The van der Waals surface area contributed by atoms with Crippen LogP contribution < -0.4 is 4.74 Å². The quantitative estimate of drug-likeness (QED) is 0.783. The normalized spacial score (nSPS) is 11.6. The van der Waals surface area contributed by atoms with E-state index < -0.39 is 5.92 Å². The van der Waals surface area contributed by atoms with Crippen LogP contribution in [0.15, 0.2) is 36.5 Å². The fraction of sp³-hybridized carbons (Fsp3) is 0.214. The highest BCUT2D eigenvalue weighted by Gasteiger charge is 2.26. The van der Waals surface area contributed by atoms with Gasteiger partial charge in [-0.05, 0) is 12.1 Å². The smallest absolute Gasteiger partial charge is 0.204 e. The van der Waals surface area contributed by atoms with Crippen LogP contribution in [-0.4, -0.2) is 22.7 Å². The van der Waals surface area contributed by atoms with Crippen LogP contribution in [0, 0.1) is 11.3 Å². The van der Waals surface area contributed by atoms with Gasteiger partial charge in [0.1, 0.15) is 17.4 Å². The summed E-state index contributed by atoms with van der Waals surface area (Å²) in [5, 5.41) is 13.3. The minimum atomic E-state index is -0.911. The molecule has 0 aliphatic rings. The zero-order valence-electron chi connectivity index (χ0n) is 10.7. The summed E-state index contributed by atoms with van der Waals surface area (Å²) in [6.45, 7) is 0. The van der Waals surface area contributed by atoms with E-state index in [0.29, 0.717) is 11.3 Å². The Labute approximate surface area is 111 Å². The molecule has 1 atom stereocenters. The van der Waals surface area contributed by atoms with Crippen LogP contribution >= 0.6 is 0 Å². The van der Waals surface area contributed by atoms with E-state index in [0.717, 1.165) is 0 Å². The SMILES string of the molecule is COc1ccccc1C(C#N)C(=O)c1ccn(C)n1. The highest BCUT2D eigenvalue weighted by Crippen LogP contribution is 2.28. The summed E-state index contributed by atoms with van der Waals surface area (Å²) >= 11 is 0. The van der Waals surface area contributed by atoms with Gasteiger partial charge in [0, 0.05) is 18.8 Å². The standard InChI is InChI=1S/C14H13N3O2/c1-17-8-7-12(16-17)14(18)11(9-15)10-5-3-4-6-13(10)19-2/h3-8,11H,1-2H3. The lowest BCUT2D eigenvalue weighted by atomic mass is 9.93. The van der Waals surface area contributed by atoms with Crippen LogP contribution in [0.25, 0.3) is 0 Å². The highest BCUT2D eigenvalue weighted by molar-refractivity contribution is 6.01. The Morgan fingerprint density at radius 1 is 1.42 bits per heavy atom. The predicted octanol–water partition coefficient (Wildman–Crippen LogP) is 1.92. The van der Waals surface area contributed by atoms with E-state index in [1.54, 1.807) is 43.6 Å². The number of nitrogens with zero attached hydrogens (tertiary/aromatic N) is 3. The molecule has 5 heteroatoms. The van der Waals surface area contributed by atoms with Crippen molar-refractivity contribution in [3.05, 3.63) is 47.8 Å². The van der Waals surface area contributed by atoms with Crippen LogP contribution in [0.2, 0.25) is 0 Å². The van der Waals surface area contributed by atoms with Gasteiger partial charge in [-0.25, -0.2) is 0 Å². The summed E-state index contributed by atoms with van der Waals surface area (Å²) in [7, 11) is 3.24. The number of aryl methyl sites for hydroxylation is 1. The molecule has 1 heterocycles. The number of methoxy groups -OCH3 is 1. The number of hydrogen-bond acceptors (Lipinski definition) is 4. The van der Waals surface area contributed by atoms with Crippen molar-refractivity contribution >= 4 is 5.78 Å². The molecule has 0 bridgehead atoms. The average molecular weight is 255 g/mol. The summed E-state index contributed by atoms with van der Waals surface area (Å²) in [5.41, 5.74) is 0.836. The number of Topliss-reactive ketones (excluding diaryl/α,β-unsaturated/α-hetero) is 1. The van der Waals surface area contributed by atoms with Crippen molar-refractivity contribution in [2.24, 2.45) is 7.05 Å². The Kier molecular flexibility index (Phi) is 3.62. The van der Waals surface area contributed by atoms with Gasteiger partial charge in [0.15, 0.2) is 0 Å². The summed E-state index contributed by atoms with van der Waals surface area (Å²) in [6, 6.07) is 10.6. The van der Waals surface area contributed by atoms with Crippen molar-refractivity contribution in [2.45, 2.75) is 5.92 Å². The molecule has 1 aromatic carbocycles. The van der Waals surface area contributed by atoms with E-state index in [2.05, 4.69) is 5.10 Å². The zero-order chi connectivity index (χ0) is 13.8. The van der Waals surface area contributed by atoms with Crippen LogP contribution in [0.1, 0.15) is 22.0 Å². The molecule has 0 N–H and O–H groups in total. The van der Waals surface area contributed by atoms with Crippen molar-refractivity contribution in [3.8, 4) is 11.8 Å². The molecule has 0 aliphatic heterocycles. The van der Waals surface area contributed by atoms with Gasteiger partial charge in [-0.2, -0.15) is 10.4 Å². The third-order valence-corrected chi connectivity index (χ3v) is 2.81. The van der Waals surface area contributed by atoms with Gasteiger partial charge >= 0.3 is 0 Å². The molecule has 0 spiro atoms. The third-order valence-electron chi connectivity index (χ3n) is 2.81. The fourth-order valence-corrected chi connectivity index (χ4v) is 1.87. The number of para-hydroxylation sites is 1. The maximum Gasteiger partial charge on any atom is 0.204 e. The molecular formula is C14H13N3O2. The lowest BCUT2D eigenvalue weighted by Crippen LogP contribution is -2.13. The minimum absolute atomic E-state index is 0.278. The molecule has 0 saturated carbocycles. The molecule has 0 fully saturated rings. The molecule has 0 radical (unpaired) electrons. The van der Waals surface area contributed by atoms with Gasteiger partial charge in [-0.15, -0.1) is 0 Å². The van der Waals surface area contributed by atoms with Gasteiger partial charge in [0.25, 0.3) is 0 Å². The summed E-state index contributed by atoms with van der Waals surface area (Å²) in [4.78, 5) is 12.3. The van der Waals surface area contributed by atoms with Gasteiger partial charge in [0.05, 0.1) is 13.2 Å². The largest absolute Gasteiger partial charge is 0.496 e. The number of ether oxygens (including phenoxy) is 1. The number of carbonyl (C=O) groups excluding carboxylic acids is 1. The first-order valence-corrected chi connectivity index (χ1v) is 5.73. The molecule has 19 heavy (non-hydrogen) atoms. The molecular weight excluding hydrogens is 242 g/mol. The van der Waals surface area contributed by atoms with Crippen LogP contribution in [0.3, 0.4) is 0 Å². The number of hydrogen-bond donors (Lipinski definition) is 0. The molecule has 1 aromatic heterocycles. The predicted molar refractivity (Wildman–Crippen MR) is 68.9 cm³/mol. The second-order valence-electron chi connectivity index (χ2n) is 4.04. The Morgan fingerprint density at radius 3 is 2.74 bits per heavy atom. The number of benzene rings is 1. The van der Waals surface area contributed by atoms with Crippen molar-refractivity contribution in [1.29, 1.82) is 5.26 Å². The summed E-state index contributed by atoms with van der Waals surface area (Å²) in [6.07, 6.45) is 1.67. The van der Waals surface area contributed by atoms with Crippen molar-refractivity contribution in [3.63, 3.8) is 0 Å². The second-order valence-corrected chi connectivity index (χ2v) is 4.04. The third kappa shape index (κ3) is 2.47. The first-order chi connectivity index (χ1) is 9.17. The topological polar surface area (TPSA) is 67.9 Å². The van der Waals surface area contributed by atoms with Crippen molar-refractivity contribution in [2.75, 3.05) is 7.11 Å². The second kappa shape index (κ2) is 5.36. The maximum absolute atomic E-state index is 12.3. The van der Waals surface area contributed by atoms with Gasteiger partial charge in [-0.1, -0.05) is 18.2 Å². The van der Waals surface area contributed by atoms with Crippen LogP contribution in [0.4, 0.5) is 0 Å². The maximum atomic E-state index is 12.3. The van der Waals surface area contributed by atoms with Crippen molar-refractivity contribution < 1.29 is 9.53 Å². The number of carbonyl (C=O) groups is 1. The molecule has 5 nitrogen and oxygen atoms in total. The minimum Gasteiger partial charge on any atom is -0.496 e. The van der Waals surface area contributed by atoms with E-state index >= 15 is 0 Å². The van der Waals surface area contributed by atoms with Crippen LogP contribution in [-0.2, 0) is 7.05 Å². The van der Waals surface area contributed by atoms with E-state index in [1.807, 2.05) is 6.07 Å². The number of aromatic nitrogens is 2. The molecule has 96 valence electrons. The van der Waals surface area contributed by atoms with E-state index in [-0.39, 0.29) is 11.5 Å². The van der Waals surface area contributed by atoms with E-state index in [9.17, 15) is 10.1 Å². The van der Waals surface area contributed by atoms with Crippen molar-refractivity contribution in [1.82, 2.24) is 9.78 Å². The van der Waals surface area contributed by atoms with Gasteiger partial charge < -0.3 is 4.74 Å². The number of ketones is 1. The first kappa shape index (κ1) is 12.8. The zero-order valence-corrected chi connectivity index (χ0v) is 10.7. The molecule has 0 aliphatic carbocycles.